The minimum atomic E-state index is -3.63. The van der Waals surface area contributed by atoms with E-state index >= 15 is 0 Å². The highest BCUT2D eigenvalue weighted by molar-refractivity contribution is 9.10. The number of halogens is 1. The molecule has 0 aromatic carbocycles. The van der Waals surface area contributed by atoms with Crippen LogP contribution < -0.4 is 4.72 Å². The molecule has 106 valence electrons. The highest BCUT2D eigenvalue weighted by Crippen LogP contribution is 2.16. The summed E-state index contributed by atoms with van der Waals surface area (Å²) >= 11 is 3.14. The smallest absolute Gasteiger partial charge is 0.303 e. The molecule has 0 aliphatic carbocycles. The topological polar surface area (TPSA) is 84.4 Å². The molecule has 0 amide bonds. The van der Waals surface area contributed by atoms with Gasteiger partial charge in [-0.1, -0.05) is 0 Å². The quantitative estimate of drug-likeness (QED) is 0.879. The van der Waals surface area contributed by atoms with Gasteiger partial charge in [-0.3, -0.25) is 4.72 Å². The molecule has 1 N–H and O–H groups in total. The van der Waals surface area contributed by atoms with Crippen molar-refractivity contribution in [2.75, 3.05) is 17.8 Å². The van der Waals surface area contributed by atoms with Crippen LogP contribution in [-0.4, -0.2) is 48.0 Å². The maximum Gasteiger partial charge on any atom is 0.303 e. The Morgan fingerprint density at radius 1 is 1.32 bits per heavy atom. The molecule has 2 heterocycles. The first-order chi connectivity index (χ1) is 8.87. The number of morpholine rings is 1. The average Bonchev–Trinajstić information content (AvgIpc) is 2.31. The van der Waals surface area contributed by atoms with Gasteiger partial charge in [0.05, 0.1) is 24.6 Å². The molecule has 2 atom stereocenters. The molecule has 1 aromatic heterocycles. The van der Waals surface area contributed by atoms with Crippen LogP contribution in [0.15, 0.2) is 17.0 Å². The summed E-state index contributed by atoms with van der Waals surface area (Å²) in [6.07, 6.45) is 2.53. The zero-order valence-corrected chi connectivity index (χ0v) is 13.0. The second-order valence-corrected chi connectivity index (χ2v) is 6.89. The van der Waals surface area contributed by atoms with Gasteiger partial charge in [0.15, 0.2) is 5.82 Å². The number of nitrogens with zero attached hydrogens (tertiary/aromatic N) is 3. The minimum Gasteiger partial charge on any atom is -0.373 e. The molecule has 0 radical (unpaired) electrons. The molecule has 9 heteroatoms. The molecular weight excluding hydrogens is 336 g/mol. The molecule has 1 saturated heterocycles. The molecule has 0 bridgehead atoms. The maximum absolute atomic E-state index is 12.2. The number of nitrogens with one attached hydrogen (secondary N) is 1. The number of ether oxygens (including phenoxy) is 1. The fourth-order valence-corrected chi connectivity index (χ4v) is 3.40. The largest absolute Gasteiger partial charge is 0.373 e. The van der Waals surface area contributed by atoms with Gasteiger partial charge in [-0.2, -0.15) is 12.7 Å². The van der Waals surface area contributed by atoms with E-state index in [4.69, 9.17) is 4.74 Å². The molecule has 7 nitrogen and oxygen atoms in total. The van der Waals surface area contributed by atoms with Gasteiger partial charge in [-0.25, -0.2) is 9.97 Å². The molecule has 1 aliphatic rings. The van der Waals surface area contributed by atoms with E-state index in [1.165, 1.54) is 16.7 Å². The molecule has 19 heavy (non-hydrogen) atoms. The van der Waals surface area contributed by atoms with Crippen molar-refractivity contribution in [1.82, 2.24) is 14.3 Å². The van der Waals surface area contributed by atoms with Crippen LogP contribution in [0.4, 0.5) is 5.82 Å². The predicted octanol–water partition coefficient (Wildman–Crippen LogP) is 1.00. The standard InChI is InChI=1S/C10H15BrN4O3S/c1-7-5-15(6-8(2)18-7)19(16,17)14-10-4-12-9(11)3-13-10/h3-4,7-8H,5-6H2,1-2H3,(H,13,14). The third-order valence-electron chi connectivity index (χ3n) is 2.58. The van der Waals surface area contributed by atoms with Crippen LogP contribution in [0.25, 0.3) is 0 Å². The normalized spacial score (nSPS) is 25.2. The molecule has 0 spiro atoms. The number of aromatic nitrogens is 2. The van der Waals surface area contributed by atoms with Crippen LogP contribution in [-0.2, 0) is 14.9 Å². The lowest BCUT2D eigenvalue weighted by atomic mass is 10.3. The van der Waals surface area contributed by atoms with Gasteiger partial charge in [-0.05, 0) is 29.8 Å². The summed E-state index contributed by atoms with van der Waals surface area (Å²) in [6, 6.07) is 0. The highest BCUT2D eigenvalue weighted by atomic mass is 79.9. The number of hydrogen-bond acceptors (Lipinski definition) is 5. The molecule has 1 aromatic rings. The summed E-state index contributed by atoms with van der Waals surface area (Å²) in [4.78, 5) is 7.86. The van der Waals surface area contributed by atoms with Crippen molar-refractivity contribution >= 4 is 32.0 Å². The summed E-state index contributed by atoms with van der Waals surface area (Å²) in [5.41, 5.74) is 0. The zero-order chi connectivity index (χ0) is 14.0. The van der Waals surface area contributed by atoms with Crippen LogP contribution in [0.5, 0.6) is 0 Å². The Morgan fingerprint density at radius 3 is 2.47 bits per heavy atom. The van der Waals surface area contributed by atoms with Crippen molar-refractivity contribution in [3.05, 3.63) is 17.0 Å². The van der Waals surface area contributed by atoms with E-state index < -0.39 is 10.2 Å². The van der Waals surface area contributed by atoms with Gasteiger partial charge < -0.3 is 4.74 Å². The van der Waals surface area contributed by atoms with Gasteiger partial charge in [-0.15, -0.1) is 0 Å². The first-order valence-corrected chi connectivity index (χ1v) is 8.01. The van der Waals surface area contributed by atoms with Crippen molar-refractivity contribution in [1.29, 1.82) is 0 Å². The van der Waals surface area contributed by atoms with E-state index in [-0.39, 0.29) is 18.0 Å². The first kappa shape index (κ1) is 14.6. The summed E-state index contributed by atoms with van der Waals surface area (Å²) in [5.74, 6) is 0.190. The van der Waals surface area contributed by atoms with Gasteiger partial charge in [0.25, 0.3) is 0 Å². The number of hydrogen-bond donors (Lipinski definition) is 1. The van der Waals surface area contributed by atoms with E-state index in [0.717, 1.165) is 0 Å². The summed E-state index contributed by atoms with van der Waals surface area (Å²) in [5, 5.41) is 0. The van der Waals surface area contributed by atoms with Crippen molar-refractivity contribution < 1.29 is 13.2 Å². The fourth-order valence-electron chi connectivity index (χ4n) is 1.89. The Bertz CT molecular complexity index is 526. The van der Waals surface area contributed by atoms with Crippen molar-refractivity contribution in [2.24, 2.45) is 0 Å². The van der Waals surface area contributed by atoms with Crippen LogP contribution >= 0.6 is 15.9 Å². The molecule has 1 fully saturated rings. The summed E-state index contributed by atoms with van der Waals surface area (Å²) in [7, 11) is -3.63. The monoisotopic (exact) mass is 350 g/mol. The molecule has 1 aliphatic heterocycles. The Hall–Kier alpha value is -0.770. The van der Waals surface area contributed by atoms with Gasteiger partial charge in [0.1, 0.15) is 4.60 Å². The van der Waals surface area contributed by atoms with Gasteiger partial charge in [0, 0.05) is 13.1 Å². The van der Waals surface area contributed by atoms with Gasteiger partial charge >= 0.3 is 10.2 Å². The number of anilines is 1. The van der Waals surface area contributed by atoms with E-state index in [0.29, 0.717) is 17.7 Å². The van der Waals surface area contributed by atoms with Crippen molar-refractivity contribution in [3.8, 4) is 0 Å². The van der Waals surface area contributed by atoms with E-state index in [9.17, 15) is 8.42 Å². The van der Waals surface area contributed by atoms with Gasteiger partial charge in [0.2, 0.25) is 0 Å². The maximum atomic E-state index is 12.2. The van der Waals surface area contributed by atoms with E-state index in [1.54, 1.807) is 0 Å². The lowest BCUT2D eigenvalue weighted by Crippen LogP contribution is -2.50. The third-order valence-corrected chi connectivity index (χ3v) is 4.43. The average molecular weight is 351 g/mol. The summed E-state index contributed by atoms with van der Waals surface area (Å²) in [6.45, 7) is 4.34. The Kier molecular flexibility index (Phi) is 4.39. The third kappa shape index (κ3) is 3.85. The minimum absolute atomic E-state index is 0.128. The zero-order valence-electron chi connectivity index (χ0n) is 10.6. The Morgan fingerprint density at radius 2 is 1.95 bits per heavy atom. The van der Waals surface area contributed by atoms with Crippen LogP contribution in [0, 0.1) is 0 Å². The number of rotatable bonds is 3. The lowest BCUT2D eigenvalue weighted by molar-refractivity contribution is -0.0439. The fraction of sp³-hybridized carbons (Fsp3) is 0.600. The molecular formula is C10H15BrN4O3S. The highest BCUT2D eigenvalue weighted by Gasteiger charge is 2.31. The van der Waals surface area contributed by atoms with E-state index in [1.807, 2.05) is 13.8 Å². The first-order valence-electron chi connectivity index (χ1n) is 5.78. The predicted molar refractivity (Wildman–Crippen MR) is 73.9 cm³/mol. The van der Waals surface area contributed by atoms with Crippen molar-refractivity contribution in [2.45, 2.75) is 26.1 Å². The van der Waals surface area contributed by atoms with Crippen LogP contribution in [0.2, 0.25) is 0 Å². The second kappa shape index (κ2) is 5.70. The van der Waals surface area contributed by atoms with E-state index in [2.05, 4.69) is 30.6 Å². The Labute approximate surface area is 120 Å². The molecule has 2 unspecified atom stereocenters. The van der Waals surface area contributed by atoms with Crippen molar-refractivity contribution in [3.63, 3.8) is 0 Å². The molecule has 0 saturated carbocycles. The Balaban J connectivity index is 2.11. The SMILES string of the molecule is CC1CN(S(=O)(=O)Nc2cnc(Br)cn2)CC(C)O1. The molecule has 2 rings (SSSR count). The lowest BCUT2D eigenvalue weighted by Gasteiger charge is -2.34. The summed E-state index contributed by atoms with van der Waals surface area (Å²) < 4.78 is 34.2. The van der Waals surface area contributed by atoms with Crippen LogP contribution in [0.3, 0.4) is 0 Å². The second-order valence-electron chi connectivity index (χ2n) is 4.41. The van der Waals surface area contributed by atoms with Crippen LogP contribution in [0.1, 0.15) is 13.8 Å².